The Bertz CT molecular complexity index is 931. The van der Waals surface area contributed by atoms with Gasteiger partial charge in [-0.05, 0) is 81.2 Å². The first-order valence-corrected chi connectivity index (χ1v) is 11.0. The van der Waals surface area contributed by atoms with Crippen LogP contribution in [0.5, 0.6) is 0 Å². The Morgan fingerprint density at radius 3 is 2.53 bits per heavy atom. The maximum atomic E-state index is 15.0. The molecule has 0 aliphatic heterocycles. The van der Waals surface area contributed by atoms with E-state index in [1.165, 1.54) is 6.07 Å². The fourth-order valence-corrected chi connectivity index (χ4v) is 4.45. The van der Waals surface area contributed by atoms with Gasteiger partial charge >= 0.3 is 0 Å². The van der Waals surface area contributed by atoms with Gasteiger partial charge < -0.3 is 0 Å². The fraction of sp³-hybridized carbons (Fsp3) is 0.407. The van der Waals surface area contributed by atoms with Crippen molar-refractivity contribution >= 4 is 16.6 Å². The van der Waals surface area contributed by atoms with Crippen LogP contribution in [0.4, 0.5) is 13.2 Å². The minimum absolute atomic E-state index is 0.269. The minimum Gasteiger partial charge on any atom is -0.208 e. The second-order valence-corrected chi connectivity index (χ2v) is 8.34. The standard InChI is InChI=1S/C27H31F3/c1-3-5-7-9-19-10-13-21(14-11-19)25(28)27(30)24-17-15-22-18-20(8-6-4-2)12-16-23(22)26(24)29/h3-5,12,15-19,21H,2,6-11,13-14H2,1H3/b5-3+,27-25?. The summed E-state index contributed by atoms with van der Waals surface area (Å²) >= 11 is 0. The lowest BCUT2D eigenvalue weighted by molar-refractivity contribution is 0.263. The van der Waals surface area contributed by atoms with Crippen LogP contribution in [0.2, 0.25) is 0 Å². The third-order valence-electron chi connectivity index (χ3n) is 6.28. The molecular weight excluding hydrogens is 381 g/mol. The Kier molecular flexibility index (Phi) is 7.95. The number of benzene rings is 2. The van der Waals surface area contributed by atoms with Gasteiger partial charge in [-0.2, -0.15) is 0 Å². The van der Waals surface area contributed by atoms with E-state index in [1.807, 2.05) is 31.2 Å². The Hall–Kier alpha value is -2.29. The molecule has 3 heteroatoms. The number of fused-ring (bicyclic) bond motifs is 1. The Labute approximate surface area is 178 Å². The van der Waals surface area contributed by atoms with Crippen LogP contribution < -0.4 is 0 Å². The van der Waals surface area contributed by atoms with Crippen molar-refractivity contribution in [1.82, 2.24) is 0 Å². The molecule has 2 aromatic carbocycles. The summed E-state index contributed by atoms with van der Waals surface area (Å²) in [5, 5.41) is 1.03. The monoisotopic (exact) mass is 412 g/mol. The van der Waals surface area contributed by atoms with Crippen LogP contribution in [0, 0.1) is 17.7 Å². The van der Waals surface area contributed by atoms with Crippen LogP contribution in [0.1, 0.15) is 63.0 Å². The summed E-state index contributed by atoms with van der Waals surface area (Å²) in [5.41, 5.74) is 0.803. The molecular formula is C27H31F3. The second kappa shape index (κ2) is 10.7. The Morgan fingerprint density at radius 2 is 1.83 bits per heavy atom. The molecule has 0 heterocycles. The molecule has 1 aliphatic rings. The van der Waals surface area contributed by atoms with E-state index in [2.05, 4.69) is 12.7 Å². The molecule has 0 bridgehead atoms. The van der Waals surface area contributed by atoms with Crippen molar-refractivity contribution in [2.75, 3.05) is 0 Å². The summed E-state index contributed by atoms with van der Waals surface area (Å²) in [6.07, 6.45) is 12.9. The van der Waals surface area contributed by atoms with Gasteiger partial charge in [0.05, 0.1) is 0 Å². The normalized spacial score (nSPS) is 20.5. The summed E-state index contributed by atoms with van der Waals surface area (Å²) in [6.45, 7) is 5.72. The molecule has 30 heavy (non-hydrogen) atoms. The first-order chi connectivity index (χ1) is 14.5. The molecule has 0 unspecified atom stereocenters. The first kappa shape index (κ1) is 22.4. The molecule has 2 aromatic rings. The van der Waals surface area contributed by atoms with Crippen molar-refractivity contribution < 1.29 is 13.2 Å². The van der Waals surface area contributed by atoms with Gasteiger partial charge in [0.2, 0.25) is 0 Å². The van der Waals surface area contributed by atoms with Gasteiger partial charge in [0, 0.05) is 16.9 Å². The second-order valence-electron chi connectivity index (χ2n) is 8.34. The van der Waals surface area contributed by atoms with Crippen molar-refractivity contribution in [3.05, 3.63) is 77.9 Å². The van der Waals surface area contributed by atoms with Crippen molar-refractivity contribution in [3.63, 3.8) is 0 Å². The molecule has 160 valence electrons. The van der Waals surface area contributed by atoms with E-state index in [0.717, 1.165) is 44.1 Å². The van der Waals surface area contributed by atoms with E-state index in [0.29, 0.717) is 29.5 Å². The molecule has 1 saturated carbocycles. The topological polar surface area (TPSA) is 0 Å². The van der Waals surface area contributed by atoms with E-state index < -0.39 is 23.4 Å². The SMILES string of the molecule is C=CCCc1ccc2c(F)c(C(F)=C(F)C3CCC(CC/C=C/C)CC3)ccc2c1. The molecule has 0 saturated heterocycles. The third-order valence-corrected chi connectivity index (χ3v) is 6.28. The average molecular weight is 413 g/mol. The van der Waals surface area contributed by atoms with Crippen molar-refractivity contribution in [2.45, 2.75) is 58.3 Å². The Balaban J connectivity index is 1.76. The lowest BCUT2D eigenvalue weighted by Crippen LogP contribution is -2.15. The predicted octanol–water partition coefficient (Wildman–Crippen LogP) is 8.87. The number of aryl methyl sites for hydroxylation is 1. The van der Waals surface area contributed by atoms with Crippen LogP contribution in [0.3, 0.4) is 0 Å². The molecule has 0 N–H and O–H groups in total. The van der Waals surface area contributed by atoms with Crippen LogP contribution in [0.25, 0.3) is 16.6 Å². The molecule has 0 aromatic heterocycles. The smallest absolute Gasteiger partial charge is 0.165 e. The van der Waals surface area contributed by atoms with Gasteiger partial charge in [-0.25, -0.2) is 13.2 Å². The maximum Gasteiger partial charge on any atom is 0.165 e. The molecule has 1 aliphatic carbocycles. The summed E-state index contributed by atoms with van der Waals surface area (Å²) in [5.74, 6) is -2.39. The van der Waals surface area contributed by atoms with E-state index in [-0.39, 0.29) is 5.56 Å². The largest absolute Gasteiger partial charge is 0.208 e. The molecule has 0 nitrogen and oxygen atoms in total. The van der Waals surface area contributed by atoms with Gasteiger partial charge in [0.1, 0.15) is 11.6 Å². The van der Waals surface area contributed by atoms with Crippen LogP contribution >= 0.6 is 0 Å². The molecule has 1 fully saturated rings. The summed E-state index contributed by atoms with van der Waals surface area (Å²) < 4.78 is 44.8. The zero-order chi connectivity index (χ0) is 21.5. The average Bonchev–Trinajstić information content (AvgIpc) is 2.77. The van der Waals surface area contributed by atoms with Crippen LogP contribution in [-0.2, 0) is 6.42 Å². The number of hydrogen-bond donors (Lipinski definition) is 0. The van der Waals surface area contributed by atoms with Gasteiger partial charge in [0.15, 0.2) is 5.83 Å². The molecule has 0 spiro atoms. The molecule has 3 rings (SSSR count). The number of rotatable bonds is 8. The van der Waals surface area contributed by atoms with Gasteiger partial charge in [-0.3, -0.25) is 0 Å². The van der Waals surface area contributed by atoms with E-state index in [9.17, 15) is 8.78 Å². The summed E-state index contributed by atoms with van der Waals surface area (Å²) in [4.78, 5) is 0. The van der Waals surface area contributed by atoms with E-state index in [1.54, 1.807) is 12.1 Å². The molecule has 0 amide bonds. The zero-order valence-corrected chi connectivity index (χ0v) is 17.8. The van der Waals surface area contributed by atoms with Gasteiger partial charge in [-0.1, -0.05) is 42.5 Å². The van der Waals surface area contributed by atoms with Crippen molar-refractivity contribution in [1.29, 1.82) is 0 Å². The van der Waals surface area contributed by atoms with Crippen LogP contribution in [-0.4, -0.2) is 0 Å². The molecule has 0 atom stereocenters. The number of allylic oxidation sites excluding steroid dienone is 4. The Morgan fingerprint density at radius 1 is 1.07 bits per heavy atom. The highest BCUT2D eigenvalue weighted by atomic mass is 19.2. The number of halogens is 3. The summed E-state index contributed by atoms with van der Waals surface area (Å²) in [7, 11) is 0. The summed E-state index contributed by atoms with van der Waals surface area (Å²) in [6, 6.07) is 8.45. The lowest BCUT2D eigenvalue weighted by Gasteiger charge is -2.27. The quantitative estimate of drug-likeness (QED) is 0.380. The third kappa shape index (κ3) is 5.24. The van der Waals surface area contributed by atoms with Crippen molar-refractivity contribution in [3.8, 4) is 0 Å². The van der Waals surface area contributed by atoms with Gasteiger partial charge in [-0.15, -0.1) is 6.58 Å². The fourth-order valence-electron chi connectivity index (χ4n) is 4.45. The van der Waals surface area contributed by atoms with Crippen LogP contribution in [0.15, 0.2) is 61.0 Å². The first-order valence-electron chi connectivity index (χ1n) is 11.0. The minimum atomic E-state index is -1.04. The number of hydrogen-bond acceptors (Lipinski definition) is 0. The predicted molar refractivity (Wildman–Crippen MR) is 121 cm³/mol. The highest BCUT2D eigenvalue weighted by Crippen LogP contribution is 2.40. The zero-order valence-electron chi connectivity index (χ0n) is 17.8. The van der Waals surface area contributed by atoms with E-state index >= 15 is 4.39 Å². The lowest BCUT2D eigenvalue weighted by atomic mass is 9.79. The van der Waals surface area contributed by atoms with Gasteiger partial charge in [0.25, 0.3) is 0 Å². The molecule has 0 radical (unpaired) electrons. The highest BCUT2D eigenvalue weighted by molar-refractivity contribution is 5.87. The van der Waals surface area contributed by atoms with Crippen molar-refractivity contribution in [2.24, 2.45) is 11.8 Å². The maximum absolute atomic E-state index is 15.0. The highest BCUT2D eigenvalue weighted by Gasteiger charge is 2.27. The van der Waals surface area contributed by atoms with E-state index in [4.69, 9.17) is 0 Å².